The normalized spacial score (nSPS) is 10.0. The lowest BCUT2D eigenvalue weighted by atomic mass is 10.4. The van der Waals surface area contributed by atoms with E-state index in [1.807, 2.05) is 6.92 Å². The Morgan fingerprint density at radius 1 is 1.23 bits per heavy atom. The van der Waals surface area contributed by atoms with E-state index in [-0.39, 0.29) is 0 Å². The van der Waals surface area contributed by atoms with Gasteiger partial charge in [-0.05, 0) is 6.42 Å². The van der Waals surface area contributed by atoms with Crippen molar-refractivity contribution in [3.05, 3.63) is 18.1 Å². The van der Waals surface area contributed by atoms with E-state index in [1.165, 1.54) is 0 Å². The summed E-state index contributed by atoms with van der Waals surface area (Å²) in [5.74, 6) is 0.550. The van der Waals surface area contributed by atoms with E-state index >= 15 is 0 Å². The molecule has 0 radical (unpaired) electrons. The Labute approximate surface area is 77.9 Å². The van der Waals surface area contributed by atoms with Crippen LogP contribution < -0.4 is 4.74 Å². The van der Waals surface area contributed by atoms with Crippen LogP contribution in [0.4, 0.5) is 0 Å². The summed E-state index contributed by atoms with van der Waals surface area (Å²) >= 11 is 0. The van der Waals surface area contributed by atoms with Crippen molar-refractivity contribution in [3.8, 4) is 5.88 Å². The second kappa shape index (κ2) is 5.48. The second-order valence-electron chi connectivity index (χ2n) is 2.54. The van der Waals surface area contributed by atoms with Crippen LogP contribution in [0, 0.1) is 0 Å². The van der Waals surface area contributed by atoms with Crippen LogP contribution in [0.2, 0.25) is 0 Å². The van der Waals surface area contributed by atoms with Crippen molar-refractivity contribution in [1.29, 1.82) is 0 Å². The molecule has 0 aliphatic heterocycles. The Kier molecular flexibility index (Phi) is 4.18. The topological polar surface area (TPSA) is 44.2 Å². The summed E-state index contributed by atoms with van der Waals surface area (Å²) < 4.78 is 10.1. The fraction of sp³-hybridized carbons (Fsp3) is 0.556. The highest BCUT2D eigenvalue weighted by Gasteiger charge is 1.95. The van der Waals surface area contributed by atoms with Crippen LogP contribution in [0.5, 0.6) is 5.88 Å². The minimum absolute atomic E-state index is 0.511. The zero-order chi connectivity index (χ0) is 9.52. The minimum Gasteiger partial charge on any atom is -0.474 e. The minimum atomic E-state index is 0.511. The summed E-state index contributed by atoms with van der Waals surface area (Å²) in [5, 5.41) is 0. The first-order valence-electron chi connectivity index (χ1n) is 4.29. The van der Waals surface area contributed by atoms with Crippen LogP contribution in [0.3, 0.4) is 0 Å². The molecule has 0 N–H and O–H groups in total. The molecule has 0 saturated carbocycles. The summed E-state index contributed by atoms with van der Waals surface area (Å²) in [5.41, 5.74) is 0.971. The van der Waals surface area contributed by atoms with Crippen molar-refractivity contribution < 1.29 is 9.47 Å². The number of hydrogen-bond acceptors (Lipinski definition) is 4. The Balaban J connectivity index is 2.40. The van der Waals surface area contributed by atoms with Gasteiger partial charge in [0, 0.05) is 7.11 Å². The van der Waals surface area contributed by atoms with Gasteiger partial charge in [0.2, 0.25) is 5.88 Å². The largest absolute Gasteiger partial charge is 0.474 e. The van der Waals surface area contributed by atoms with E-state index in [0.717, 1.165) is 12.1 Å². The van der Waals surface area contributed by atoms with Crippen LogP contribution >= 0.6 is 0 Å². The highest BCUT2D eigenvalue weighted by molar-refractivity contribution is 5.06. The Morgan fingerprint density at radius 2 is 2.08 bits per heavy atom. The first kappa shape index (κ1) is 9.92. The number of ether oxygens (including phenoxy) is 2. The maximum atomic E-state index is 5.25. The molecule has 4 nitrogen and oxygen atoms in total. The number of aromatic nitrogens is 2. The number of aryl methyl sites for hydroxylation is 1. The fourth-order valence-electron chi connectivity index (χ4n) is 0.830. The summed E-state index contributed by atoms with van der Waals surface area (Å²) in [6.07, 6.45) is 4.25. The van der Waals surface area contributed by atoms with Crippen LogP contribution in [-0.4, -0.2) is 30.3 Å². The monoisotopic (exact) mass is 182 g/mol. The van der Waals surface area contributed by atoms with Gasteiger partial charge in [0.05, 0.1) is 24.7 Å². The molecule has 0 aromatic carbocycles. The lowest BCUT2D eigenvalue weighted by Crippen LogP contribution is -2.05. The molecule has 1 aromatic rings. The third-order valence-electron chi connectivity index (χ3n) is 1.58. The number of nitrogens with zero attached hydrogens (tertiary/aromatic N) is 2. The van der Waals surface area contributed by atoms with Crippen molar-refractivity contribution in [2.45, 2.75) is 13.3 Å². The van der Waals surface area contributed by atoms with Gasteiger partial charge in [-0.1, -0.05) is 6.92 Å². The van der Waals surface area contributed by atoms with E-state index in [2.05, 4.69) is 9.97 Å². The molecule has 1 rings (SSSR count). The van der Waals surface area contributed by atoms with Crippen LogP contribution in [0.1, 0.15) is 12.6 Å². The van der Waals surface area contributed by atoms with Crippen molar-refractivity contribution in [1.82, 2.24) is 9.97 Å². The maximum absolute atomic E-state index is 5.25. The molecule has 0 saturated heterocycles. The standard InChI is InChI=1S/C9H14N2O2/c1-3-8-6-11-9(7-10-8)13-5-4-12-2/h6-7H,3-5H2,1-2H3. The fourth-order valence-corrected chi connectivity index (χ4v) is 0.830. The molecule has 1 heterocycles. The van der Waals surface area contributed by atoms with E-state index in [1.54, 1.807) is 19.5 Å². The van der Waals surface area contributed by atoms with Crippen LogP contribution in [0.15, 0.2) is 12.4 Å². The predicted molar refractivity (Wildman–Crippen MR) is 48.8 cm³/mol. The van der Waals surface area contributed by atoms with E-state index in [9.17, 15) is 0 Å². The molecule has 0 aliphatic rings. The lowest BCUT2D eigenvalue weighted by Gasteiger charge is -2.03. The van der Waals surface area contributed by atoms with Crippen molar-refractivity contribution in [2.24, 2.45) is 0 Å². The van der Waals surface area contributed by atoms with Gasteiger partial charge < -0.3 is 9.47 Å². The third kappa shape index (κ3) is 3.38. The molecule has 0 unspecified atom stereocenters. The molecule has 72 valence electrons. The predicted octanol–water partition coefficient (Wildman–Crippen LogP) is 1.06. The molecule has 1 aromatic heterocycles. The van der Waals surface area contributed by atoms with Crippen molar-refractivity contribution >= 4 is 0 Å². The molecule has 13 heavy (non-hydrogen) atoms. The molecule has 0 atom stereocenters. The average molecular weight is 182 g/mol. The number of rotatable bonds is 5. The number of hydrogen-bond donors (Lipinski definition) is 0. The maximum Gasteiger partial charge on any atom is 0.232 e. The highest BCUT2D eigenvalue weighted by Crippen LogP contribution is 2.03. The van der Waals surface area contributed by atoms with Gasteiger partial charge in [0.15, 0.2) is 0 Å². The van der Waals surface area contributed by atoms with Gasteiger partial charge in [-0.25, -0.2) is 4.98 Å². The molecular formula is C9H14N2O2. The molecule has 0 fully saturated rings. The van der Waals surface area contributed by atoms with Gasteiger partial charge in [-0.2, -0.15) is 0 Å². The molecular weight excluding hydrogens is 168 g/mol. The SMILES string of the molecule is CCc1cnc(OCCOC)cn1. The Bertz CT molecular complexity index is 236. The number of methoxy groups -OCH3 is 1. The second-order valence-corrected chi connectivity index (χ2v) is 2.54. The van der Waals surface area contributed by atoms with Crippen molar-refractivity contribution in [3.63, 3.8) is 0 Å². The molecule has 0 aliphatic carbocycles. The third-order valence-corrected chi connectivity index (χ3v) is 1.58. The first-order chi connectivity index (χ1) is 6.36. The van der Waals surface area contributed by atoms with Gasteiger partial charge in [-0.3, -0.25) is 4.98 Å². The molecule has 0 bridgehead atoms. The van der Waals surface area contributed by atoms with Gasteiger partial charge >= 0.3 is 0 Å². The summed E-state index contributed by atoms with van der Waals surface area (Å²) in [6.45, 7) is 3.11. The molecule has 0 spiro atoms. The van der Waals surface area contributed by atoms with E-state index in [0.29, 0.717) is 19.1 Å². The van der Waals surface area contributed by atoms with Crippen LogP contribution in [0.25, 0.3) is 0 Å². The van der Waals surface area contributed by atoms with Crippen LogP contribution in [-0.2, 0) is 11.2 Å². The lowest BCUT2D eigenvalue weighted by molar-refractivity contribution is 0.143. The van der Waals surface area contributed by atoms with Crippen molar-refractivity contribution in [2.75, 3.05) is 20.3 Å². The summed E-state index contributed by atoms with van der Waals surface area (Å²) in [4.78, 5) is 8.23. The highest BCUT2D eigenvalue weighted by atomic mass is 16.5. The zero-order valence-corrected chi connectivity index (χ0v) is 7.99. The smallest absolute Gasteiger partial charge is 0.232 e. The summed E-state index contributed by atoms with van der Waals surface area (Å²) in [6, 6.07) is 0. The molecule has 0 amide bonds. The first-order valence-corrected chi connectivity index (χ1v) is 4.29. The van der Waals surface area contributed by atoms with E-state index < -0.39 is 0 Å². The van der Waals surface area contributed by atoms with Gasteiger partial charge in [0.1, 0.15) is 6.61 Å². The van der Waals surface area contributed by atoms with E-state index in [4.69, 9.17) is 9.47 Å². The van der Waals surface area contributed by atoms with Gasteiger partial charge in [0.25, 0.3) is 0 Å². The molecule has 4 heteroatoms. The quantitative estimate of drug-likeness (QED) is 0.639. The zero-order valence-electron chi connectivity index (χ0n) is 7.99. The van der Waals surface area contributed by atoms with Gasteiger partial charge in [-0.15, -0.1) is 0 Å². The Hall–Kier alpha value is -1.16. The Morgan fingerprint density at radius 3 is 2.62 bits per heavy atom. The average Bonchev–Trinajstić information content (AvgIpc) is 2.19. The summed E-state index contributed by atoms with van der Waals surface area (Å²) in [7, 11) is 1.63.